The van der Waals surface area contributed by atoms with Crippen LogP contribution in [0.1, 0.15) is 45.4 Å². The van der Waals surface area contributed by atoms with Crippen molar-refractivity contribution in [3.63, 3.8) is 0 Å². The number of β-amino-alcohol motifs (C(OH)–C–C–N with tert-alkyl or cyclic N) is 1. The molecule has 0 bridgehead atoms. The van der Waals surface area contributed by atoms with Crippen LogP contribution >= 0.6 is 0 Å². The van der Waals surface area contributed by atoms with Gasteiger partial charge in [0.2, 0.25) is 5.91 Å². The maximum Gasteiger partial charge on any atom is 0.222 e. The Morgan fingerprint density at radius 3 is 2.42 bits per heavy atom. The smallest absolute Gasteiger partial charge is 0.222 e. The Morgan fingerprint density at radius 1 is 1.21 bits per heavy atom. The van der Waals surface area contributed by atoms with Gasteiger partial charge in [0.15, 0.2) is 0 Å². The number of carbonyl (C=O) groups excluding carboxylic acids is 1. The molecule has 19 heavy (non-hydrogen) atoms. The molecule has 0 aromatic rings. The Morgan fingerprint density at radius 2 is 1.84 bits per heavy atom. The zero-order chi connectivity index (χ0) is 13.7. The van der Waals surface area contributed by atoms with Gasteiger partial charge in [-0.15, -0.1) is 0 Å². The van der Waals surface area contributed by atoms with E-state index < -0.39 is 0 Å². The van der Waals surface area contributed by atoms with E-state index in [1.165, 1.54) is 25.7 Å². The van der Waals surface area contributed by atoms with E-state index in [2.05, 4.69) is 4.90 Å². The molecule has 0 unspecified atom stereocenters. The monoisotopic (exact) mass is 268 g/mol. The van der Waals surface area contributed by atoms with Crippen molar-refractivity contribution in [3.05, 3.63) is 0 Å². The van der Waals surface area contributed by atoms with Gasteiger partial charge in [-0.2, -0.15) is 0 Å². The summed E-state index contributed by atoms with van der Waals surface area (Å²) >= 11 is 0. The van der Waals surface area contributed by atoms with Gasteiger partial charge in [-0.25, -0.2) is 0 Å². The fourth-order valence-corrected chi connectivity index (χ4v) is 3.34. The molecule has 1 aliphatic heterocycles. The summed E-state index contributed by atoms with van der Waals surface area (Å²) in [4.78, 5) is 16.4. The largest absolute Gasteiger partial charge is 0.392 e. The number of carbonyl (C=O) groups is 1. The molecule has 110 valence electrons. The molecule has 0 aromatic heterocycles. The summed E-state index contributed by atoms with van der Waals surface area (Å²) in [5.41, 5.74) is 0. The van der Waals surface area contributed by atoms with E-state index in [4.69, 9.17) is 0 Å². The summed E-state index contributed by atoms with van der Waals surface area (Å²) in [6, 6.07) is 0. The van der Waals surface area contributed by atoms with Gasteiger partial charge < -0.3 is 10.0 Å². The van der Waals surface area contributed by atoms with Crippen molar-refractivity contribution in [2.24, 2.45) is 5.92 Å². The van der Waals surface area contributed by atoms with Crippen molar-refractivity contribution >= 4 is 5.91 Å². The van der Waals surface area contributed by atoms with Gasteiger partial charge in [-0.05, 0) is 19.3 Å². The maximum absolute atomic E-state index is 12.1. The number of aliphatic hydroxyl groups excluding tert-OH is 1. The molecule has 4 heteroatoms. The first-order chi connectivity index (χ1) is 9.15. The average Bonchev–Trinajstić information content (AvgIpc) is 2.89. The number of amides is 1. The molecule has 1 amide bonds. The highest BCUT2D eigenvalue weighted by Gasteiger charge is 2.23. The Kier molecular flexibility index (Phi) is 5.64. The van der Waals surface area contributed by atoms with Gasteiger partial charge in [0.1, 0.15) is 0 Å². The quantitative estimate of drug-likeness (QED) is 0.821. The Hall–Kier alpha value is -0.610. The van der Waals surface area contributed by atoms with Crippen molar-refractivity contribution < 1.29 is 9.90 Å². The van der Waals surface area contributed by atoms with Crippen LogP contribution in [-0.4, -0.2) is 59.6 Å². The average molecular weight is 268 g/mol. The van der Waals surface area contributed by atoms with E-state index in [9.17, 15) is 9.90 Å². The zero-order valence-corrected chi connectivity index (χ0v) is 12.2. The lowest BCUT2D eigenvalue weighted by Gasteiger charge is -2.35. The summed E-state index contributed by atoms with van der Waals surface area (Å²) in [6.45, 7) is 6.01. The normalized spacial score (nSPS) is 23.8. The fraction of sp³-hybridized carbons (Fsp3) is 0.933. The van der Waals surface area contributed by atoms with Crippen LogP contribution in [0.2, 0.25) is 0 Å². The number of rotatable bonds is 5. The molecule has 1 atom stereocenters. The molecule has 0 spiro atoms. The summed E-state index contributed by atoms with van der Waals surface area (Å²) in [7, 11) is 0. The molecular formula is C15H28N2O2. The molecule has 2 rings (SSSR count). The van der Waals surface area contributed by atoms with Crippen LogP contribution < -0.4 is 0 Å². The Labute approximate surface area is 116 Å². The molecule has 1 N–H and O–H groups in total. The first-order valence-electron chi connectivity index (χ1n) is 7.83. The first kappa shape index (κ1) is 14.8. The van der Waals surface area contributed by atoms with Crippen molar-refractivity contribution in [2.75, 3.05) is 32.7 Å². The molecule has 4 nitrogen and oxygen atoms in total. The van der Waals surface area contributed by atoms with Crippen LogP contribution in [0.15, 0.2) is 0 Å². The lowest BCUT2D eigenvalue weighted by molar-refractivity contribution is -0.133. The molecule has 1 saturated carbocycles. The van der Waals surface area contributed by atoms with E-state index in [0.717, 1.165) is 51.5 Å². The van der Waals surface area contributed by atoms with E-state index in [1.807, 2.05) is 11.8 Å². The first-order valence-corrected chi connectivity index (χ1v) is 7.83. The van der Waals surface area contributed by atoms with Gasteiger partial charge in [-0.3, -0.25) is 9.69 Å². The van der Waals surface area contributed by atoms with Crippen LogP contribution in [-0.2, 0) is 4.79 Å². The highest BCUT2D eigenvalue weighted by molar-refractivity contribution is 5.76. The predicted molar refractivity (Wildman–Crippen MR) is 75.9 cm³/mol. The van der Waals surface area contributed by atoms with Gasteiger partial charge >= 0.3 is 0 Å². The Balaban J connectivity index is 1.64. The second-order valence-corrected chi connectivity index (χ2v) is 6.22. The second kappa shape index (κ2) is 7.25. The molecular weight excluding hydrogens is 240 g/mol. The third kappa shape index (κ3) is 4.77. The van der Waals surface area contributed by atoms with E-state index in [0.29, 0.717) is 5.91 Å². The second-order valence-electron chi connectivity index (χ2n) is 6.22. The van der Waals surface area contributed by atoms with Gasteiger partial charge in [0.05, 0.1) is 6.10 Å². The fourth-order valence-electron chi connectivity index (χ4n) is 3.34. The van der Waals surface area contributed by atoms with E-state index >= 15 is 0 Å². The summed E-state index contributed by atoms with van der Waals surface area (Å²) in [5, 5.41) is 9.36. The maximum atomic E-state index is 12.1. The minimum absolute atomic E-state index is 0.274. The molecule has 2 fully saturated rings. The van der Waals surface area contributed by atoms with Crippen LogP contribution in [0.4, 0.5) is 0 Å². The minimum atomic E-state index is -0.274. The SMILES string of the molecule is C[C@@H](O)CN1CCN(C(=O)CCC2CCCC2)CC1. The Bertz CT molecular complexity index is 280. The van der Waals surface area contributed by atoms with E-state index in [1.54, 1.807) is 0 Å². The number of hydrogen-bond acceptors (Lipinski definition) is 3. The lowest BCUT2D eigenvalue weighted by Crippen LogP contribution is -2.50. The highest BCUT2D eigenvalue weighted by atomic mass is 16.3. The van der Waals surface area contributed by atoms with Crippen molar-refractivity contribution in [1.82, 2.24) is 9.80 Å². The predicted octanol–water partition coefficient (Wildman–Crippen LogP) is 1.48. The lowest BCUT2D eigenvalue weighted by atomic mass is 10.0. The van der Waals surface area contributed by atoms with Crippen LogP contribution in [0.3, 0.4) is 0 Å². The minimum Gasteiger partial charge on any atom is -0.392 e. The molecule has 0 aromatic carbocycles. The summed E-state index contributed by atoms with van der Waals surface area (Å²) in [5.74, 6) is 1.14. The van der Waals surface area contributed by atoms with Crippen LogP contribution in [0, 0.1) is 5.92 Å². The third-order valence-corrected chi connectivity index (χ3v) is 4.49. The number of hydrogen-bond donors (Lipinski definition) is 1. The molecule has 0 radical (unpaired) electrons. The highest BCUT2D eigenvalue weighted by Crippen LogP contribution is 2.28. The van der Waals surface area contributed by atoms with Crippen molar-refractivity contribution in [2.45, 2.75) is 51.6 Å². The summed E-state index contributed by atoms with van der Waals surface area (Å²) < 4.78 is 0. The van der Waals surface area contributed by atoms with E-state index in [-0.39, 0.29) is 6.10 Å². The van der Waals surface area contributed by atoms with Crippen LogP contribution in [0.25, 0.3) is 0 Å². The van der Waals surface area contributed by atoms with Gasteiger partial charge in [-0.1, -0.05) is 25.7 Å². The topological polar surface area (TPSA) is 43.8 Å². The summed E-state index contributed by atoms with van der Waals surface area (Å²) in [6.07, 6.45) is 6.93. The molecule has 1 aliphatic carbocycles. The van der Waals surface area contributed by atoms with Crippen molar-refractivity contribution in [1.29, 1.82) is 0 Å². The zero-order valence-electron chi connectivity index (χ0n) is 12.2. The van der Waals surface area contributed by atoms with Crippen LogP contribution in [0.5, 0.6) is 0 Å². The number of nitrogens with zero attached hydrogens (tertiary/aromatic N) is 2. The van der Waals surface area contributed by atoms with Gasteiger partial charge in [0, 0.05) is 39.1 Å². The third-order valence-electron chi connectivity index (χ3n) is 4.49. The van der Waals surface area contributed by atoms with Crippen molar-refractivity contribution in [3.8, 4) is 0 Å². The number of piperazine rings is 1. The van der Waals surface area contributed by atoms with Gasteiger partial charge in [0.25, 0.3) is 0 Å². The molecule has 1 saturated heterocycles. The molecule has 1 heterocycles. The standard InChI is InChI=1S/C15H28N2O2/c1-13(18)12-16-8-10-17(11-9-16)15(19)7-6-14-4-2-3-5-14/h13-14,18H,2-12H2,1H3/t13-/m1/s1. The molecule has 2 aliphatic rings. The number of aliphatic hydroxyl groups is 1.